The van der Waals surface area contributed by atoms with E-state index in [0.29, 0.717) is 18.3 Å². The molecule has 3 aliphatic rings. The summed E-state index contributed by atoms with van der Waals surface area (Å²) < 4.78 is 0. The average Bonchev–Trinajstić information content (AvgIpc) is 2.31. The van der Waals surface area contributed by atoms with Gasteiger partial charge in [-0.05, 0) is 24.7 Å². The predicted octanol–water partition coefficient (Wildman–Crippen LogP) is 1.15. The third kappa shape index (κ3) is 1.20. The minimum Gasteiger partial charge on any atom is -0.396 e. The minimum atomic E-state index is -0.103. The molecular weight excluding hydrogens is 152 g/mol. The molecule has 3 atom stereocenters. The molecule has 12 heavy (non-hydrogen) atoms. The van der Waals surface area contributed by atoms with Crippen LogP contribution in [0.4, 0.5) is 0 Å². The second-order valence-corrected chi connectivity index (χ2v) is 3.85. The molecule has 2 heteroatoms. The van der Waals surface area contributed by atoms with Crippen LogP contribution in [0, 0.1) is 17.8 Å². The number of aliphatic hydroxyl groups excluding tert-OH is 1. The van der Waals surface area contributed by atoms with E-state index >= 15 is 0 Å². The number of aliphatic hydroxyl groups is 1. The van der Waals surface area contributed by atoms with E-state index < -0.39 is 0 Å². The molecule has 0 saturated heterocycles. The van der Waals surface area contributed by atoms with Gasteiger partial charge in [-0.1, -0.05) is 12.2 Å². The second kappa shape index (κ2) is 3.02. The fourth-order valence-electron chi connectivity index (χ4n) is 2.29. The summed E-state index contributed by atoms with van der Waals surface area (Å²) in [5, 5.41) is 9.05. The fourth-order valence-corrected chi connectivity index (χ4v) is 2.29. The third-order valence-electron chi connectivity index (χ3n) is 3.09. The Hall–Kier alpha value is -0.630. The van der Waals surface area contributed by atoms with Gasteiger partial charge in [-0.2, -0.15) is 0 Å². The molecule has 0 aromatic rings. The van der Waals surface area contributed by atoms with Crippen LogP contribution in [-0.2, 0) is 4.79 Å². The van der Waals surface area contributed by atoms with E-state index in [2.05, 4.69) is 12.2 Å². The van der Waals surface area contributed by atoms with Crippen molar-refractivity contribution in [1.82, 2.24) is 0 Å². The first-order chi connectivity index (χ1) is 5.81. The summed E-state index contributed by atoms with van der Waals surface area (Å²) >= 11 is 0. The molecule has 0 aliphatic heterocycles. The Morgan fingerprint density at radius 2 is 2.25 bits per heavy atom. The quantitative estimate of drug-likeness (QED) is 0.593. The van der Waals surface area contributed by atoms with Crippen LogP contribution in [0.1, 0.15) is 19.3 Å². The normalized spacial score (nSPS) is 40.1. The van der Waals surface area contributed by atoms with Gasteiger partial charge >= 0.3 is 0 Å². The van der Waals surface area contributed by atoms with Crippen LogP contribution in [0.15, 0.2) is 12.2 Å². The van der Waals surface area contributed by atoms with E-state index in [1.54, 1.807) is 0 Å². The number of fused-ring (bicyclic) bond motifs is 3. The van der Waals surface area contributed by atoms with Crippen LogP contribution >= 0.6 is 0 Å². The molecule has 66 valence electrons. The largest absolute Gasteiger partial charge is 0.396 e. The topological polar surface area (TPSA) is 37.3 Å². The predicted molar refractivity (Wildman–Crippen MR) is 45.6 cm³/mol. The zero-order chi connectivity index (χ0) is 8.55. The Kier molecular flexibility index (Phi) is 2.01. The molecule has 2 nitrogen and oxygen atoms in total. The Bertz CT molecular complexity index is 220. The van der Waals surface area contributed by atoms with Crippen molar-refractivity contribution in [1.29, 1.82) is 0 Å². The van der Waals surface area contributed by atoms with Crippen LogP contribution in [0.25, 0.3) is 0 Å². The fraction of sp³-hybridized carbons (Fsp3) is 0.700. The smallest absolute Gasteiger partial charge is 0.139 e. The molecule has 3 rings (SSSR count). The molecule has 1 fully saturated rings. The molecule has 0 spiro atoms. The van der Waals surface area contributed by atoms with Gasteiger partial charge in [0.2, 0.25) is 0 Å². The Morgan fingerprint density at radius 3 is 2.83 bits per heavy atom. The number of ketones is 1. The highest BCUT2D eigenvalue weighted by molar-refractivity contribution is 5.82. The van der Waals surface area contributed by atoms with Crippen LogP contribution in [0.2, 0.25) is 0 Å². The van der Waals surface area contributed by atoms with Gasteiger partial charge in [0.25, 0.3) is 0 Å². The molecule has 0 radical (unpaired) electrons. The number of hydrogen-bond acceptors (Lipinski definition) is 2. The number of hydrogen-bond donors (Lipinski definition) is 1. The molecule has 1 N–H and O–H groups in total. The van der Waals surface area contributed by atoms with Crippen LogP contribution < -0.4 is 0 Å². The summed E-state index contributed by atoms with van der Waals surface area (Å²) in [5.74, 6) is 0.940. The van der Waals surface area contributed by atoms with E-state index in [4.69, 9.17) is 5.11 Å². The first-order valence-electron chi connectivity index (χ1n) is 4.63. The summed E-state index contributed by atoms with van der Waals surface area (Å²) in [7, 11) is 0. The number of rotatable bonds is 1. The highest BCUT2D eigenvalue weighted by Gasteiger charge is 2.33. The van der Waals surface area contributed by atoms with Crippen LogP contribution in [0.5, 0.6) is 0 Å². The molecule has 0 aromatic heterocycles. The molecule has 1 saturated carbocycles. The Morgan fingerprint density at radius 1 is 1.42 bits per heavy atom. The molecule has 0 amide bonds. The third-order valence-corrected chi connectivity index (χ3v) is 3.09. The standard InChI is InChI=1S/C10H14O2/c11-6-9-8-3-1-7(2-4-8)5-10(9)12/h1,3,7-9,11H,2,4-6H2/t7-,8+,9+/m1/s1. The number of Topliss-reactive ketones (excluding diaryl/α,β-unsaturated/α-hetero) is 1. The molecule has 0 unspecified atom stereocenters. The van der Waals surface area contributed by atoms with Gasteiger partial charge in [-0.15, -0.1) is 0 Å². The number of allylic oxidation sites excluding steroid dienone is 2. The van der Waals surface area contributed by atoms with Crippen molar-refractivity contribution in [3.05, 3.63) is 12.2 Å². The molecule has 0 heterocycles. The van der Waals surface area contributed by atoms with Gasteiger partial charge in [0, 0.05) is 12.3 Å². The minimum absolute atomic E-state index is 0.0283. The Labute approximate surface area is 72.3 Å². The monoisotopic (exact) mass is 166 g/mol. The maximum Gasteiger partial charge on any atom is 0.139 e. The van der Waals surface area contributed by atoms with Gasteiger partial charge in [0.1, 0.15) is 5.78 Å². The van der Waals surface area contributed by atoms with E-state index in [9.17, 15) is 4.79 Å². The van der Waals surface area contributed by atoms with Crippen molar-refractivity contribution in [2.24, 2.45) is 17.8 Å². The van der Waals surface area contributed by atoms with Gasteiger partial charge < -0.3 is 5.11 Å². The van der Waals surface area contributed by atoms with Crippen molar-refractivity contribution in [3.63, 3.8) is 0 Å². The number of carbonyl (C=O) groups excluding carboxylic acids is 1. The summed E-state index contributed by atoms with van der Waals surface area (Å²) in [6, 6.07) is 0. The lowest BCUT2D eigenvalue weighted by Gasteiger charge is -2.19. The van der Waals surface area contributed by atoms with Crippen molar-refractivity contribution in [3.8, 4) is 0 Å². The van der Waals surface area contributed by atoms with Crippen molar-refractivity contribution in [2.75, 3.05) is 6.61 Å². The SMILES string of the molecule is O=C1C[C@@H]2C=C[C@@H](CC2)[C@@H]1CO. The van der Waals surface area contributed by atoms with Crippen LogP contribution in [0.3, 0.4) is 0 Å². The van der Waals surface area contributed by atoms with E-state index in [0.717, 1.165) is 12.8 Å². The zero-order valence-electron chi connectivity index (χ0n) is 7.07. The molecule has 2 bridgehead atoms. The maximum absolute atomic E-state index is 11.5. The van der Waals surface area contributed by atoms with Gasteiger partial charge in [-0.25, -0.2) is 0 Å². The lowest BCUT2D eigenvalue weighted by molar-refractivity contribution is -0.125. The van der Waals surface area contributed by atoms with Gasteiger partial charge in [-0.3, -0.25) is 4.79 Å². The molecule has 3 aliphatic carbocycles. The molecule has 0 aromatic carbocycles. The number of carbonyl (C=O) groups is 1. The van der Waals surface area contributed by atoms with E-state index in [-0.39, 0.29) is 18.3 Å². The molecular formula is C10H14O2. The van der Waals surface area contributed by atoms with Crippen LogP contribution in [-0.4, -0.2) is 17.5 Å². The second-order valence-electron chi connectivity index (χ2n) is 3.85. The van der Waals surface area contributed by atoms with E-state index in [1.807, 2.05) is 0 Å². The lowest BCUT2D eigenvalue weighted by atomic mass is 9.86. The summed E-state index contributed by atoms with van der Waals surface area (Å²) in [5.41, 5.74) is 0. The van der Waals surface area contributed by atoms with Crippen molar-refractivity contribution < 1.29 is 9.90 Å². The van der Waals surface area contributed by atoms with E-state index in [1.165, 1.54) is 0 Å². The Balaban J connectivity index is 2.23. The average molecular weight is 166 g/mol. The lowest BCUT2D eigenvalue weighted by Crippen LogP contribution is -2.23. The van der Waals surface area contributed by atoms with Crippen molar-refractivity contribution >= 4 is 5.78 Å². The highest BCUT2D eigenvalue weighted by Crippen LogP contribution is 2.35. The van der Waals surface area contributed by atoms with Crippen molar-refractivity contribution in [2.45, 2.75) is 19.3 Å². The first kappa shape index (κ1) is 7.99. The zero-order valence-corrected chi connectivity index (χ0v) is 7.07. The van der Waals surface area contributed by atoms with Gasteiger partial charge in [0.15, 0.2) is 0 Å². The summed E-state index contributed by atoms with van der Waals surface area (Å²) in [4.78, 5) is 11.5. The highest BCUT2D eigenvalue weighted by atomic mass is 16.3. The summed E-state index contributed by atoms with van der Waals surface area (Å²) in [6.45, 7) is 0.0283. The maximum atomic E-state index is 11.5. The van der Waals surface area contributed by atoms with Gasteiger partial charge in [0.05, 0.1) is 6.61 Å². The first-order valence-corrected chi connectivity index (χ1v) is 4.63. The summed E-state index contributed by atoms with van der Waals surface area (Å²) in [6.07, 6.45) is 7.14.